The summed E-state index contributed by atoms with van der Waals surface area (Å²) in [5.41, 5.74) is 1.05. The quantitative estimate of drug-likeness (QED) is 0.452. The van der Waals surface area contributed by atoms with Crippen LogP contribution in [0.15, 0.2) is 42.0 Å². The van der Waals surface area contributed by atoms with Gasteiger partial charge in [-0.25, -0.2) is 4.99 Å². The largest absolute Gasteiger partial charge is 0.356 e. The number of nitrogens with one attached hydrogen (secondary N) is 2. The van der Waals surface area contributed by atoms with E-state index in [-0.39, 0.29) is 0 Å². The molecule has 2 N–H and O–H groups in total. The molecular weight excluding hydrogens is 290 g/mol. The number of pyridine rings is 1. The second kappa shape index (κ2) is 8.67. The first kappa shape index (κ1) is 16.7. The molecule has 7 heteroatoms. The highest BCUT2D eigenvalue weighted by Gasteiger charge is 2.05. The van der Waals surface area contributed by atoms with Gasteiger partial charge in [-0.2, -0.15) is 0 Å². The third-order valence-electron chi connectivity index (χ3n) is 3.37. The van der Waals surface area contributed by atoms with Gasteiger partial charge in [0.25, 0.3) is 0 Å². The Morgan fingerprint density at radius 1 is 1.35 bits per heavy atom. The lowest BCUT2D eigenvalue weighted by Gasteiger charge is -2.11. The number of aliphatic imine (C=N–C) groups is 1. The Morgan fingerprint density at radius 2 is 2.22 bits per heavy atom. The molecule has 0 radical (unpaired) electrons. The first-order chi connectivity index (χ1) is 11.2. The van der Waals surface area contributed by atoms with E-state index in [2.05, 4.69) is 37.4 Å². The van der Waals surface area contributed by atoms with Crippen LogP contribution in [0.4, 0.5) is 0 Å². The van der Waals surface area contributed by atoms with Gasteiger partial charge in [-0.05, 0) is 19.1 Å². The molecule has 0 unspecified atom stereocenters. The van der Waals surface area contributed by atoms with Gasteiger partial charge in [0, 0.05) is 38.4 Å². The summed E-state index contributed by atoms with van der Waals surface area (Å²) >= 11 is 0. The van der Waals surface area contributed by atoms with Crippen molar-refractivity contribution in [2.45, 2.75) is 19.9 Å². The molecule has 0 amide bonds. The topological polar surface area (TPSA) is 80.0 Å². The monoisotopic (exact) mass is 313 g/mol. The molecule has 23 heavy (non-hydrogen) atoms. The number of hydrogen-bond acceptors (Lipinski definition) is 4. The third-order valence-corrected chi connectivity index (χ3v) is 3.37. The molecular formula is C16H23N7. The van der Waals surface area contributed by atoms with Crippen LogP contribution in [0, 0.1) is 6.92 Å². The molecule has 0 fully saturated rings. The van der Waals surface area contributed by atoms with Crippen molar-refractivity contribution in [3.8, 4) is 0 Å². The normalized spacial score (nSPS) is 11.3. The van der Waals surface area contributed by atoms with Gasteiger partial charge in [0.1, 0.15) is 12.4 Å². The van der Waals surface area contributed by atoms with E-state index in [0.717, 1.165) is 36.3 Å². The Balaban J connectivity index is 1.91. The van der Waals surface area contributed by atoms with Gasteiger partial charge in [0.15, 0.2) is 11.8 Å². The molecule has 0 saturated carbocycles. The first-order valence-corrected chi connectivity index (χ1v) is 7.58. The standard InChI is InChI=1S/C16H23N7/c1-4-9-18-16(19-11-8-14-7-5-6-10-17-14)20-12-15-22-21-13(2)23(15)3/h4-7,10H,1,8-9,11-12H2,2-3H3,(H2,18,19,20). The highest BCUT2D eigenvalue weighted by atomic mass is 15.3. The van der Waals surface area contributed by atoms with Crippen molar-refractivity contribution in [3.63, 3.8) is 0 Å². The zero-order valence-electron chi connectivity index (χ0n) is 13.7. The molecule has 0 aliphatic carbocycles. The predicted octanol–water partition coefficient (Wildman–Crippen LogP) is 0.982. The molecule has 2 aromatic heterocycles. The van der Waals surface area contributed by atoms with Crippen molar-refractivity contribution < 1.29 is 0 Å². The van der Waals surface area contributed by atoms with Crippen molar-refractivity contribution in [2.75, 3.05) is 13.1 Å². The van der Waals surface area contributed by atoms with Gasteiger partial charge in [-0.15, -0.1) is 16.8 Å². The maximum atomic E-state index is 4.54. The molecule has 122 valence electrons. The summed E-state index contributed by atoms with van der Waals surface area (Å²) in [6.45, 7) is 7.49. The summed E-state index contributed by atoms with van der Waals surface area (Å²) in [7, 11) is 1.94. The minimum atomic E-state index is 0.466. The Morgan fingerprint density at radius 3 is 2.87 bits per heavy atom. The van der Waals surface area contributed by atoms with E-state index in [1.165, 1.54) is 0 Å². The van der Waals surface area contributed by atoms with Crippen LogP contribution in [-0.4, -0.2) is 38.8 Å². The van der Waals surface area contributed by atoms with Crippen LogP contribution < -0.4 is 10.6 Å². The van der Waals surface area contributed by atoms with Gasteiger partial charge >= 0.3 is 0 Å². The molecule has 0 aromatic carbocycles. The van der Waals surface area contributed by atoms with Gasteiger partial charge < -0.3 is 15.2 Å². The van der Waals surface area contributed by atoms with E-state index >= 15 is 0 Å². The Bertz CT molecular complexity index is 646. The van der Waals surface area contributed by atoms with Crippen molar-refractivity contribution >= 4 is 5.96 Å². The average molecular weight is 313 g/mol. The fraction of sp³-hybridized carbons (Fsp3) is 0.375. The summed E-state index contributed by atoms with van der Waals surface area (Å²) in [5, 5.41) is 14.6. The predicted molar refractivity (Wildman–Crippen MR) is 91.0 cm³/mol. The summed E-state index contributed by atoms with van der Waals surface area (Å²) in [6.07, 6.45) is 4.43. The van der Waals surface area contributed by atoms with E-state index in [1.807, 2.05) is 36.7 Å². The van der Waals surface area contributed by atoms with Crippen LogP contribution in [0.2, 0.25) is 0 Å². The van der Waals surface area contributed by atoms with Gasteiger partial charge in [-0.1, -0.05) is 12.1 Å². The molecule has 0 aliphatic heterocycles. The lowest BCUT2D eigenvalue weighted by molar-refractivity contribution is 0.754. The van der Waals surface area contributed by atoms with Crippen LogP contribution in [0.5, 0.6) is 0 Å². The highest BCUT2D eigenvalue weighted by molar-refractivity contribution is 5.79. The first-order valence-electron chi connectivity index (χ1n) is 7.58. The zero-order chi connectivity index (χ0) is 16.5. The van der Waals surface area contributed by atoms with Crippen LogP contribution in [0.3, 0.4) is 0 Å². The van der Waals surface area contributed by atoms with E-state index in [9.17, 15) is 0 Å². The average Bonchev–Trinajstić information content (AvgIpc) is 2.89. The lowest BCUT2D eigenvalue weighted by atomic mass is 10.3. The summed E-state index contributed by atoms with van der Waals surface area (Å²) in [4.78, 5) is 8.85. The van der Waals surface area contributed by atoms with Crippen LogP contribution in [-0.2, 0) is 20.0 Å². The fourth-order valence-electron chi connectivity index (χ4n) is 1.94. The third kappa shape index (κ3) is 5.21. The number of aryl methyl sites for hydroxylation is 1. The molecule has 2 aromatic rings. The smallest absolute Gasteiger partial charge is 0.191 e. The Kier molecular flexibility index (Phi) is 6.28. The van der Waals surface area contributed by atoms with Crippen molar-refractivity contribution in [1.82, 2.24) is 30.4 Å². The second-order valence-corrected chi connectivity index (χ2v) is 5.05. The molecule has 2 rings (SSSR count). The summed E-state index contributed by atoms with van der Waals surface area (Å²) in [6, 6.07) is 5.92. The fourth-order valence-corrected chi connectivity index (χ4v) is 1.94. The SMILES string of the molecule is C=CCNC(=NCc1nnc(C)n1C)NCCc1ccccn1. The maximum Gasteiger partial charge on any atom is 0.191 e. The van der Waals surface area contributed by atoms with E-state index in [1.54, 1.807) is 12.3 Å². The van der Waals surface area contributed by atoms with Crippen LogP contribution in [0.25, 0.3) is 0 Å². The lowest BCUT2D eigenvalue weighted by Crippen LogP contribution is -2.38. The number of hydrogen-bond donors (Lipinski definition) is 2. The van der Waals surface area contributed by atoms with Crippen molar-refractivity contribution in [2.24, 2.45) is 12.0 Å². The van der Waals surface area contributed by atoms with Gasteiger partial charge in [-0.3, -0.25) is 4.98 Å². The van der Waals surface area contributed by atoms with Crippen LogP contribution in [0.1, 0.15) is 17.3 Å². The Hall–Kier alpha value is -2.70. The van der Waals surface area contributed by atoms with E-state index in [0.29, 0.717) is 13.1 Å². The summed E-state index contributed by atoms with van der Waals surface area (Å²) < 4.78 is 1.93. The molecule has 0 aliphatic rings. The molecule has 0 saturated heterocycles. The Labute approximate surface area is 136 Å². The highest BCUT2D eigenvalue weighted by Crippen LogP contribution is 1.99. The molecule has 2 heterocycles. The molecule has 0 atom stereocenters. The van der Waals surface area contributed by atoms with Crippen LogP contribution >= 0.6 is 0 Å². The van der Waals surface area contributed by atoms with Gasteiger partial charge in [0.05, 0.1) is 0 Å². The number of nitrogens with zero attached hydrogens (tertiary/aromatic N) is 5. The molecule has 7 nitrogen and oxygen atoms in total. The van der Waals surface area contributed by atoms with Crippen molar-refractivity contribution in [1.29, 1.82) is 0 Å². The summed E-state index contributed by atoms with van der Waals surface area (Å²) in [5.74, 6) is 2.42. The zero-order valence-corrected chi connectivity index (χ0v) is 13.7. The van der Waals surface area contributed by atoms with E-state index in [4.69, 9.17) is 0 Å². The minimum Gasteiger partial charge on any atom is -0.356 e. The number of rotatable bonds is 7. The second-order valence-electron chi connectivity index (χ2n) is 5.05. The van der Waals surface area contributed by atoms with E-state index < -0.39 is 0 Å². The molecule has 0 spiro atoms. The molecule has 0 bridgehead atoms. The number of guanidine groups is 1. The minimum absolute atomic E-state index is 0.466. The van der Waals surface area contributed by atoms with Gasteiger partial charge in [0.2, 0.25) is 0 Å². The maximum absolute atomic E-state index is 4.54. The van der Waals surface area contributed by atoms with Crippen molar-refractivity contribution in [3.05, 3.63) is 54.4 Å². The number of aromatic nitrogens is 4.